The lowest BCUT2D eigenvalue weighted by Crippen LogP contribution is -2.61. The normalized spacial score (nSPS) is 23.9. The van der Waals surface area contributed by atoms with E-state index in [0.29, 0.717) is 13.0 Å². The molecule has 0 amide bonds. The van der Waals surface area contributed by atoms with Gasteiger partial charge >= 0.3 is 5.97 Å². The van der Waals surface area contributed by atoms with Gasteiger partial charge in [0.1, 0.15) is 54.9 Å². The number of rotatable bonds is 55. The zero-order chi connectivity index (χ0) is 60.1. The summed E-state index contributed by atoms with van der Waals surface area (Å²) >= 11 is 0. The van der Waals surface area contributed by atoms with Gasteiger partial charge in [-0.2, -0.15) is 0 Å². The van der Waals surface area contributed by atoms with Crippen molar-refractivity contribution in [2.75, 3.05) is 33.0 Å². The number of esters is 1. The molecule has 0 radical (unpaired) electrons. The molecule has 2 fully saturated rings. The molecular formula is C69H122O14. The van der Waals surface area contributed by atoms with Crippen molar-refractivity contribution in [1.82, 2.24) is 0 Å². The number of hydrogen-bond donors (Lipinski definition) is 7. The van der Waals surface area contributed by atoms with E-state index < -0.39 is 80.7 Å². The molecule has 2 aliphatic heterocycles. The van der Waals surface area contributed by atoms with Crippen molar-refractivity contribution >= 4 is 5.97 Å². The third-order valence-corrected chi connectivity index (χ3v) is 15.7. The number of unbranched alkanes of at least 4 members (excludes halogenated alkanes) is 29. The molecule has 0 bridgehead atoms. The van der Waals surface area contributed by atoms with E-state index in [-0.39, 0.29) is 25.6 Å². The number of ether oxygens (including phenoxy) is 6. The van der Waals surface area contributed by atoms with E-state index in [0.717, 1.165) is 96.3 Å². The lowest BCUT2D eigenvalue weighted by atomic mass is 9.98. The van der Waals surface area contributed by atoms with Crippen LogP contribution >= 0.6 is 0 Å². The molecular weight excluding hydrogens is 1050 g/mol. The van der Waals surface area contributed by atoms with Crippen molar-refractivity contribution in [3.8, 4) is 0 Å². The molecule has 0 saturated carbocycles. The van der Waals surface area contributed by atoms with Gasteiger partial charge in [0.05, 0.1) is 26.4 Å². The van der Waals surface area contributed by atoms with Crippen LogP contribution in [0.1, 0.15) is 258 Å². The van der Waals surface area contributed by atoms with E-state index in [1.807, 2.05) is 0 Å². The molecule has 7 N–H and O–H groups in total. The van der Waals surface area contributed by atoms with Gasteiger partial charge < -0.3 is 64.2 Å². The lowest BCUT2D eigenvalue weighted by molar-refractivity contribution is -0.332. The Hall–Kier alpha value is -2.57. The third-order valence-electron chi connectivity index (χ3n) is 15.7. The Kier molecular flexibility index (Phi) is 50.5. The maximum Gasteiger partial charge on any atom is 0.306 e. The molecule has 2 heterocycles. The Balaban J connectivity index is 1.67. The Morgan fingerprint density at radius 3 is 1.23 bits per heavy atom. The van der Waals surface area contributed by atoms with Crippen LogP contribution in [0.2, 0.25) is 0 Å². The molecule has 83 heavy (non-hydrogen) atoms. The van der Waals surface area contributed by atoms with Crippen LogP contribution in [0.3, 0.4) is 0 Å². The van der Waals surface area contributed by atoms with E-state index in [9.17, 15) is 40.5 Å². The molecule has 2 aliphatic rings. The first-order valence-corrected chi connectivity index (χ1v) is 33.5. The molecule has 11 unspecified atom stereocenters. The second-order valence-electron chi connectivity index (χ2n) is 23.3. The van der Waals surface area contributed by atoms with E-state index >= 15 is 0 Å². The molecule has 0 aliphatic carbocycles. The van der Waals surface area contributed by atoms with Crippen molar-refractivity contribution in [2.45, 2.75) is 325 Å². The Morgan fingerprint density at radius 1 is 0.410 bits per heavy atom. The van der Waals surface area contributed by atoms with Crippen molar-refractivity contribution in [2.24, 2.45) is 0 Å². The summed E-state index contributed by atoms with van der Waals surface area (Å²) in [5.41, 5.74) is 0. The minimum atomic E-state index is -1.71. The average molecular weight is 1180 g/mol. The highest BCUT2D eigenvalue weighted by molar-refractivity contribution is 5.69. The quantitative estimate of drug-likeness (QED) is 0.0171. The number of allylic oxidation sites excluding steroid dienone is 12. The molecule has 482 valence electrons. The van der Waals surface area contributed by atoms with Gasteiger partial charge in [-0.1, -0.05) is 260 Å². The van der Waals surface area contributed by atoms with Crippen molar-refractivity contribution in [3.63, 3.8) is 0 Å². The van der Waals surface area contributed by atoms with E-state index in [4.69, 9.17) is 28.4 Å². The number of aliphatic hydroxyl groups is 7. The first kappa shape index (κ1) is 76.5. The van der Waals surface area contributed by atoms with Crippen molar-refractivity contribution < 1.29 is 69.0 Å². The predicted molar refractivity (Wildman–Crippen MR) is 335 cm³/mol. The molecule has 14 nitrogen and oxygen atoms in total. The van der Waals surface area contributed by atoms with Crippen LogP contribution in [0.5, 0.6) is 0 Å². The minimum absolute atomic E-state index is 0.0472. The number of carbonyl (C=O) groups excluding carboxylic acids is 1. The Bertz CT molecular complexity index is 1650. The summed E-state index contributed by atoms with van der Waals surface area (Å²) in [5.74, 6) is -0.380. The smallest absolute Gasteiger partial charge is 0.306 e. The maximum absolute atomic E-state index is 13.1. The lowest BCUT2D eigenvalue weighted by Gasteiger charge is -2.42. The SMILES string of the molecule is CC/C=C\C/C=C\C/C=C\C/C=C\C/C=C\C/C=C\CCCCCCCOCC(COC1OC(COC2OC(CO)C(O)C(O)C2O)C(O)C(O)C1O)OC(=O)CCCCCCCCCCCCCCCCCCCCCCCCCCC. The first-order chi connectivity index (χ1) is 40.6. The van der Waals surface area contributed by atoms with Crippen LogP contribution in [-0.2, 0) is 33.2 Å². The van der Waals surface area contributed by atoms with Gasteiger partial charge in [0.25, 0.3) is 0 Å². The second-order valence-corrected chi connectivity index (χ2v) is 23.3. The summed E-state index contributed by atoms with van der Waals surface area (Å²) < 4.78 is 34.5. The molecule has 0 aromatic rings. The maximum atomic E-state index is 13.1. The number of carbonyl (C=O) groups is 1. The highest BCUT2D eigenvalue weighted by Gasteiger charge is 2.47. The number of hydrogen-bond acceptors (Lipinski definition) is 14. The average Bonchev–Trinajstić information content (AvgIpc) is 3.67. The Labute approximate surface area is 504 Å². The first-order valence-electron chi connectivity index (χ1n) is 33.5. The van der Waals surface area contributed by atoms with Gasteiger partial charge in [-0.15, -0.1) is 0 Å². The van der Waals surface area contributed by atoms with Crippen LogP contribution in [0.25, 0.3) is 0 Å². The van der Waals surface area contributed by atoms with E-state index in [1.165, 1.54) is 135 Å². The van der Waals surface area contributed by atoms with Gasteiger partial charge in [-0.05, 0) is 64.2 Å². The largest absolute Gasteiger partial charge is 0.457 e. The highest BCUT2D eigenvalue weighted by atomic mass is 16.7. The van der Waals surface area contributed by atoms with Crippen LogP contribution in [-0.4, -0.2) is 142 Å². The predicted octanol–water partition coefficient (Wildman–Crippen LogP) is 13.8. The summed E-state index contributed by atoms with van der Waals surface area (Å²) in [6, 6.07) is 0. The molecule has 0 aromatic heterocycles. The fraction of sp³-hybridized carbons (Fsp3) is 0.812. The van der Waals surface area contributed by atoms with Crippen molar-refractivity contribution in [1.29, 1.82) is 0 Å². The molecule has 2 saturated heterocycles. The Morgan fingerprint density at radius 2 is 0.783 bits per heavy atom. The van der Waals surface area contributed by atoms with Crippen LogP contribution in [0.15, 0.2) is 72.9 Å². The topological polar surface area (TPSA) is 214 Å². The highest BCUT2D eigenvalue weighted by Crippen LogP contribution is 2.27. The minimum Gasteiger partial charge on any atom is -0.457 e. The summed E-state index contributed by atoms with van der Waals surface area (Å²) in [4.78, 5) is 13.1. The molecule has 14 heteroatoms. The van der Waals surface area contributed by atoms with Gasteiger partial charge in [0.15, 0.2) is 12.6 Å². The molecule has 0 spiro atoms. The fourth-order valence-electron chi connectivity index (χ4n) is 10.4. The van der Waals surface area contributed by atoms with E-state index in [2.05, 4.69) is 86.8 Å². The van der Waals surface area contributed by atoms with Gasteiger partial charge in [0.2, 0.25) is 0 Å². The van der Waals surface area contributed by atoms with E-state index in [1.54, 1.807) is 0 Å². The molecule has 2 rings (SSSR count). The number of aliphatic hydroxyl groups excluding tert-OH is 7. The summed E-state index contributed by atoms with van der Waals surface area (Å²) in [7, 11) is 0. The zero-order valence-corrected chi connectivity index (χ0v) is 52.2. The van der Waals surface area contributed by atoms with Gasteiger partial charge in [0, 0.05) is 13.0 Å². The summed E-state index contributed by atoms with van der Waals surface area (Å²) in [6.07, 6.45) is 55.4. The standard InChI is InChI=1S/C69H122O14/c1-3-5-7-9-11-13-15-17-19-21-23-25-27-29-30-32-34-36-38-40-42-44-46-48-50-52-61(71)81-58(56-79-68-67(77)65(75)63(73)60(83-68)57-80-69-66(76)64(74)62(72)59(54-70)82-69)55-78-53-51-49-47-45-43-41-39-37-35-33-31-28-26-24-22-20-18-16-14-12-10-8-6-4-2/h6,8,12,14,18,20,24,26,31,33,37,39,58-60,62-70,72-77H,3-5,7,9-11,13,15-17,19,21-23,25,27-30,32,34-36,38,40-57H2,1-2H3/b8-6-,14-12-,20-18-,26-24-,33-31-,39-37-. The zero-order valence-electron chi connectivity index (χ0n) is 52.2. The second kappa shape index (κ2) is 54.8. The molecule has 11 atom stereocenters. The fourth-order valence-corrected chi connectivity index (χ4v) is 10.4. The van der Waals surface area contributed by atoms with Gasteiger partial charge in [-0.3, -0.25) is 4.79 Å². The van der Waals surface area contributed by atoms with Crippen molar-refractivity contribution in [3.05, 3.63) is 72.9 Å². The van der Waals surface area contributed by atoms with Crippen LogP contribution in [0.4, 0.5) is 0 Å². The van der Waals surface area contributed by atoms with Gasteiger partial charge in [-0.25, -0.2) is 0 Å². The third kappa shape index (κ3) is 40.5. The summed E-state index contributed by atoms with van der Waals surface area (Å²) in [6.45, 7) is 3.57. The summed E-state index contributed by atoms with van der Waals surface area (Å²) in [5, 5.41) is 72.6. The monoisotopic (exact) mass is 1170 g/mol. The molecule has 0 aromatic carbocycles. The van der Waals surface area contributed by atoms with Crippen LogP contribution < -0.4 is 0 Å². The van der Waals surface area contributed by atoms with Crippen LogP contribution in [0, 0.1) is 0 Å².